The molecule has 2 aliphatic heterocycles. The number of hydrogen-bond acceptors (Lipinski definition) is 5. The smallest absolute Gasteiger partial charge is 0.312 e. The van der Waals surface area contributed by atoms with Crippen LogP contribution in [-0.4, -0.2) is 49.1 Å². The Morgan fingerprint density at radius 3 is 2.88 bits per heavy atom. The quantitative estimate of drug-likeness (QED) is 0.673. The summed E-state index contributed by atoms with van der Waals surface area (Å²) in [6.45, 7) is 2.53. The highest BCUT2D eigenvalue weighted by Crippen LogP contribution is 2.43. The summed E-state index contributed by atoms with van der Waals surface area (Å²) in [7, 11) is 0. The third-order valence-corrected chi connectivity index (χ3v) is 6.12. The molecule has 3 amide bonds. The van der Waals surface area contributed by atoms with Crippen molar-refractivity contribution in [3.63, 3.8) is 0 Å². The Morgan fingerprint density at radius 2 is 2.16 bits per heavy atom. The topological polar surface area (TPSA) is 111 Å². The molecule has 1 aromatic rings. The summed E-state index contributed by atoms with van der Waals surface area (Å²) in [6, 6.07) is 1.09. The van der Waals surface area contributed by atoms with Gasteiger partial charge in [-0.1, -0.05) is 0 Å². The van der Waals surface area contributed by atoms with Gasteiger partial charge in [-0.25, -0.2) is 4.79 Å². The normalized spacial score (nSPS) is 20.1. The van der Waals surface area contributed by atoms with Crippen LogP contribution in [0.1, 0.15) is 36.1 Å². The van der Waals surface area contributed by atoms with Crippen molar-refractivity contribution in [1.82, 2.24) is 10.2 Å². The standard InChI is InChI=1S/C17H26N4O3S/c18-13(2-1-7-20-16(19)23)15(22)21-8-5-17(6-9-21)12-4-11-25-14(12)3-10-24-17/h4,11,13H,1-3,5-10,18H2,(H3,19,20,23)/t13-/m0/s1. The van der Waals surface area contributed by atoms with Gasteiger partial charge >= 0.3 is 6.03 Å². The molecule has 0 radical (unpaired) electrons. The lowest BCUT2D eigenvalue weighted by molar-refractivity contribution is -0.142. The zero-order valence-electron chi connectivity index (χ0n) is 14.3. The zero-order chi connectivity index (χ0) is 17.9. The Morgan fingerprint density at radius 1 is 1.40 bits per heavy atom. The second kappa shape index (κ2) is 7.72. The van der Waals surface area contributed by atoms with E-state index in [1.165, 1.54) is 10.4 Å². The van der Waals surface area contributed by atoms with E-state index >= 15 is 0 Å². The van der Waals surface area contributed by atoms with Crippen LogP contribution in [0.3, 0.4) is 0 Å². The van der Waals surface area contributed by atoms with Gasteiger partial charge in [-0.05, 0) is 42.7 Å². The van der Waals surface area contributed by atoms with Gasteiger partial charge in [0.25, 0.3) is 0 Å². The zero-order valence-corrected chi connectivity index (χ0v) is 15.1. The van der Waals surface area contributed by atoms with Crippen LogP contribution in [0.15, 0.2) is 11.4 Å². The number of urea groups is 1. The van der Waals surface area contributed by atoms with E-state index in [4.69, 9.17) is 16.2 Å². The van der Waals surface area contributed by atoms with Crippen LogP contribution < -0.4 is 16.8 Å². The first kappa shape index (κ1) is 18.2. The summed E-state index contributed by atoms with van der Waals surface area (Å²) >= 11 is 1.80. The lowest BCUT2D eigenvalue weighted by atomic mass is 9.82. The van der Waals surface area contributed by atoms with Crippen LogP contribution in [-0.2, 0) is 21.6 Å². The van der Waals surface area contributed by atoms with E-state index in [0.717, 1.165) is 25.9 Å². The molecular formula is C17H26N4O3S. The number of nitrogens with one attached hydrogen (secondary N) is 1. The number of fused-ring (bicyclic) bond motifs is 2. The summed E-state index contributed by atoms with van der Waals surface area (Å²) in [5.41, 5.74) is 12.1. The second-order valence-electron chi connectivity index (χ2n) is 6.72. The summed E-state index contributed by atoms with van der Waals surface area (Å²) in [4.78, 5) is 26.4. The minimum Gasteiger partial charge on any atom is -0.370 e. The highest BCUT2D eigenvalue weighted by Gasteiger charge is 2.42. The largest absolute Gasteiger partial charge is 0.370 e. The van der Waals surface area contributed by atoms with E-state index in [1.54, 1.807) is 11.3 Å². The maximum absolute atomic E-state index is 12.5. The predicted octanol–water partition coefficient (Wildman–Crippen LogP) is 0.914. The van der Waals surface area contributed by atoms with Crippen LogP contribution in [0, 0.1) is 0 Å². The van der Waals surface area contributed by atoms with Gasteiger partial charge in [0, 0.05) is 30.9 Å². The summed E-state index contributed by atoms with van der Waals surface area (Å²) in [5.74, 6) is -0.0183. The van der Waals surface area contributed by atoms with Gasteiger partial charge in [0.05, 0.1) is 18.2 Å². The Bertz CT molecular complexity index is 625. The molecule has 2 aliphatic rings. The average Bonchev–Trinajstić information content (AvgIpc) is 3.09. The van der Waals surface area contributed by atoms with Gasteiger partial charge in [-0.15, -0.1) is 11.3 Å². The molecule has 0 unspecified atom stereocenters. The first-order valence-corrected chi connectivity index (χ1v) is 9.68. The first-order valence-electron chi connectivity index (χ1n) is 8.80. The Labute approximate surface area is 151 Å². The molecule has 1 atom stereocenters. The predicted molar refractivity (Wildman–Crippen MR) is 96.3 cm³/mol. The van der Waals surface area contributed by atoms with Crippen molar-refractivity contribution in [2.24, 2.45) is 11.5 Å². The molecule has 0 bridgehead atoms. The van der Waals surface area contributed by atoms with E-state index in [1.807, 2.05) is 4.90 Å². The summed E-state index contributed by atoms with van der Waals surface area (Å²) in [5, 5.41) is 4.64. The molecule has 3 heterocycles. The second-order valence-corrected chi connectivity index (χ2v) is 7.72. The molecule has 25 heavy (non-hydrogen) atoms. The number of rotatable bonds is 5. The number of amides is 3. The maximum atomic E-state index is 12.5. The van der Waals surface area contributed by atoms with Gasteiger partial charge < -0.3 is 26.4 Å². The monoisotopic (exact) mass is 366 g/mol. The number of ether oxygens (including phenoxy) is 1. The molecule has 0 aromatic carbocycles. The van der Waals surface area contributed by atoms with E-state index in [-0.39, 0.29) is 11.5 Å². The minimum atomic E-state index is -0.554. The fourth-order valence-electron chi connectivity index (χ4n) is 3.75. The number of piperidine rings is 1. The number of likely N-dealkylation sites (tertiary alicyclic amines) is 1. The molecule has 138 valence electrons. The molecule has 0 aliphatic carbocycles. The molecule has 7 nitrogen and oxygen atoms in total. The van der Waals surface area contributed by atoms with E-state index in [2.05, 4.69) is 16.8 Å². The van der Waals surface area contributed by atoms with Gasteiger partial charge in [0.1, 0.15) is 0 Å². The molecule has 3 rings (SSSR count). The van der Waals surface area contributed by atoms with Gasteiger partial charge in [0.15, 0.2) is 0 Å². The average molecular weight is 366 g/mol. The number of nitrogens with zero attached hydrogens (tertiary/aromatic N) is 1. The molecule has 1 spiro atoms. The van der Waals surface area contributed by atoms with Crippen molar-refractivity contribution < 1.29 is 14.3 Å². The van der Waals surface area contributed by atoms with Gasteiger partial charge in [-0.2, -0.15) is 0 Å². The highest BCUT2D eigenvalue weighted by molar-refractivity contribution is 7.10. The molecule has 1 fully saturated rings. The van der Waals surface area contributed by atoms with Crippen LogP contribution in [0.4, 0.5) is 4.79 Å². The Hall–Kier alpha value is -1.64. The fourth-order valence-corrected chi connectivity index (χ4v) is 4.70. The lowest BCUT2D eigenvalue weighted by Gasteiger charge is -2.44. The summed E-state index contributed by atoms with van der Waals surface area (Å²) in [6.07, 6.45) is 3.79. The number of hydrogen-bond donors (Lipinski definition) is 3. The van der Waals surface area contributed by atoms with Crippen LogP contribution in [0.2, 0.25) is 0 Å². The van der Waals surface area contributed by atoms with Crippen LogP contribution >= 0.6 is 11.3 Å². The van der Waals surface area contributed by atoms with Crippen molar-refractivity contribution >= 4 is 23.3 Å². The SMILES string of the molecule is NC(=O)NCCC[C@H](N)C(=O)N1CCC2(CC1)OCCc1sccc12. The van der Waals surface area contributed by atoms with Gasteiger partial charge in [-0.3, -0.25) is 4.79 Å². The summed E-state index contributed by atoms with van der Waals surface area (Å²) < 4.78 is 6.17. The Kier molecular flexibility index (Phi) is 5.61. The van der Waals surface area contributed by atoms with Crippen LogP contribution in [0.5, 0.6) is 0 Å². The fraction of sp³-hybridized carbons (Fsp3) is 0.647. The number of carbonyl (C=O) groups is 2. The molecule has 1 saturated heterocycles. The van der Waals surface area contributed by atoms with Crippen LogP contribution in [0.25, 0.3) is 0 Å². The van der Waals surface area contributed by atoms with Gasteiger partial charge in [0.2, 0.25) is 5.91 Å². The maximum Gasteiger partial charge on any atom is 0.312 e. The molecule has 0 saturated carbocycles. The molecule has 8 heteroatoms. The minimum absolute atomic E-state index is 0.0183. The van der Waals surface area contributed by atoms with Crippen molar-refractivity contribution in [1.29, 1.82) is 0 Å². The Balaban J connectivity index is 1.51. The molecular weight excluding hydrogens is 340 g/mol. The van der Waals surface area contributed by atoms with E-state index in [9.17, 15) is 9.59 Å². The number of carbonyl (C=O) groups excluding carboxylic acids is 2. The van der Waals surface area contributed by atoms with E-state index in [0.29, 0.717) is 32.5 Å². The highest BCUT2D eigenvalue weighted by atomic mass is 32.1. The number of nitrogens with two attached hydrogens (primary N) is 2. The number of thiophene rings is 1. The molecule has 5 N–H and O–H groups in total. The van der Waals surface area contributed by atoms with Crippen molar-refractivity contribution in [3.05, 3.63) is 21.9 Å². The van der Waals surface area contributed by atoms with Crippen molar-refractivity contribution in [3.8, 4) is 0 Å². The third-order valence-electron chi connectivity index (χ3n) is 5.13. The first-order chi connectivity index (χ1) is 12.0. The lowest BCUT2D eigenvalue weighted by Crippen LogP contribution is -2.52. The van der Waals surface area contributed by atoms with E-state index < -0.39 is 12.1 Å². The van der Waals surface area contributed by atoms with Crippen molar-refractivity contribution in [2.45, 2.75) is 43.7 Å². The number of primary amides is 1. The molecule has 1 aromatic heterocycles. The third kappa shape index (κ3) is 3.96. The van der Waals surface area contributed by atoms with Crippen molar-refractivity contribution in [2.75, 3.05) is 26.2 Å².